The summed E-state index contributed by atoms with van der Waals surface area (Å²) in [6.07, 6.45) is 4.29. The molecule has 1 fully saturated rings. The number of methoxy groups -OCH3 is 1. The van der Waals surface area contributed by atoms with Gasteiger partial charge in [0.15, 0.2) is 0 Å². The second-order valence-electron chi connectivity index (χ2n) is 5.39. The van der Waals surface area contributed by atoms with Crippen molar-refractivity contribution in [2.45, 2.75) is 31.8 Å². The fourth-order valence-electron chi connectivity index (χ4n) is 3.27. The molecule has 1 saturated carbocycles. The van der Waals surface area contributed by atoms with Crippen molar-refractivity contribution in [2.75, 3.05) is 7.11 Å². The second kappa shape index (κ2) is 5.22. The highest BCUT2D eigenvalue weighted by atomic mass is 16.5. The number of hydrogen-bond donors (Lipinski definition) is 1. The van der Waals surface area contributed by atoms with E-state index >= 15 is 0 Å². The molecule has 100 valence electrons. The third kappa shape index (κ3) is 2.21. The van der Waals surface area contributed by atoms with Gasteiger partial charge < -0.3 is 9.84 Å². The number of rotatable bonds is 3. The molecule has 19 heavy (non-hydrogen) atoms. The molecule has 0 amide bonds. The van der Waals surface area contributed by atoms with Crippen molar-refractivity contribution in [3.63, 3.8) is 0 Å². The summed E-state index contributed by atoms with van der Waals surface area (Å²) < 4.78 is 5.47. The van der Waals surface area contributed by atoms with E-state index < -0.39 is 6.10 Å². The van der Waals surface area contributed by atoms with Gasteiger partial charge in [-0.05, 0) is 35.6 Å². The van der Waals surface area contributed by atoms with Crippen LogP contribution >= 0.6 is 0 Å². The van der Waals surface area contributed by atoms with Crippen molar-refractivity contribution < 1.29 is 9.84 Å². The van der Waals surface area contributed by atoms with Gasteiger partial charge in [0.1, 0.15) is 5.75 Å². The highest BCUT2D eigenvalue weighted by Gasteiger charge is 2.27. The lowest BCUT2D eigenvalue weighted by molar-refractivity contribution is 0.110. The highest BCUT2D eigenvalue weighted by Crippen LogP contribution is 2.41. The van der Waals surface area contributed by atoms with Gasteiger partial charge in [-0.15, -0.1) is 0 Å². The lowest BCUT2D eigenvalue weighted by Gasteiger charge is -2.22. The van der Waals surface area contributed by atoms with Gasteiger partial charge in [0.05, 0.1) is 13.2 Å². The summed E-state index contributed by atoms with van der Waals surface area (Å²) in [5.74, 6) is 1.18. The normalized spacial score (nSPS) is 17.8. The maximum atomic E-state index is 10.8. The van der Waals surface area contributed by atoms with E-state index in [4.69, 9.17) is 4.74 Å². The van der Waals surface area contributed by atoms with Crippen molar-refractivity contribution in [1.82, 2.24) is 0 Å². The smallest absolute Gasteiger partial charge is 0.125 e. The number of aliphatic hydroxyl groups excluding tert-OH is 1. The molecule has 0 spiro atoms. The molecule has 2 aromatic carbocycles. The predicted molar refractivity (Wildman–Crippen MR) is 77.4 cm³/mol. The van der Waals surface area contributed by atoms with Crippen LogP contribution in [0.4, 0.5) is 0 Å². The fourth-order valence-corrected chi connectivity index (χ4v) is 3.27. The summed E-state index contributed by atoms with van der Waals surface area (Å²) >= 11 is 0. The van der Waals surface area contributed by atoms with E-state index in [0.717, 1.165) is 34.9 Å². The van der Waals surface area contributed by atoms with Crippen molar-refractivity contribution in [1.29, 1.82) is 0 Å². The van der Waals surface area contributed by atoms with E-state index in [1.54, 1.807) is 7.11 Å². The van der Waals surface area contributed by atoms with Crippen LogP contribution < -0.4 is 4.74 Å². The largest absolute Gasteiger partial charge is 0.496 e. The average Bonchev–Trinajstić information content (AvgIpc) is 2.99. The summed E-state index contributed by atoms with van der Waals surface area (Å²) in [6.45, 7) is 0. The molecule has 0 aliphatic heterocycles. The number of ether oxygens (including phenoxy) is 1. The Kier molecular flexibility index (Phi) is 3.43. The highest BCUT2D eigenvalue weighted by molar-refractivity contribution is 5.88. The van der Waals surface area contributed by atoms with Crippen LogP contribution in [0, 0.1) is 5.92 Å². The van der Waals surface area contributed by atoms with E-state index in [1.807, 2.05) is 18.2 Å². The Balaban J connectivity index is 2.13. The molecule has 1 atom stereocenters. The van der Waals surface area contributed by atoms with Gasteiger partial charge in [-0.25, -0.2) is 0 Å². The van der Waals surface area contributed by atoms with Gasteiger partial charge >= 0.3 is 0 Å². The quantitative estimate of drug-likeness (QED) is 0.897. The summed E-state index contributed by atoms with van der Waals surface area (Å²) in [5.41, 5.74) is 0.965. The molecule has 2 nitrogen and oxygen atoms in total. The molecule has 1 unspecified atom stereocenters. The molecular weight excluding hydrogens is 236 g/mol. The first-order valence-corrected chi connectivity index (χ1v) is 7.05. The Hall–Kier alpha value is -1.54. The first kappa shape index (κ1) is 12.5. The third-order valence-electron chi connectivity index (χ3n) is 4.29. The summed E-state index contributed by atoms with van der Waals surface area (Å²) in [7, 11) is 1.68. The van der Waals surface area contributed by atoms with Gasteiger partial charge in [-0.3, -0.25) is 0 Å². The molecule has 3 rings (SSSR count). The number of aliphatic hydroxyl groups is 1. The van der Waals surface area contributed by atoms with Crippen LogP contribution in [-0.4, -0.2) is 12.2 Å². The maximum absolute atomic E-state index is 10.8. The Morgan fingerprint density at radius 2 is 1.84 bits per heavy atom. The minimum Gasteiger partial charge on any atom is -0.496 e. The van der Waals surface area contributed by atoms with E-state index in [-0.39, 0.29) is 0 Å². The standard InChI is InChI=1S/C17H20O2/c1-19-15-11-10-12-6-4-5-9-14(12)16(15)17(18)13-7-2-3-8-13/h4-6,9-11,13,17-18H,2-3,7-8H2,1H3. The Bertz CT molecular complexity index is 570. The van der Waals surface area contributed by atoms with Gasteiger partial charge in [0.25, 0.3) is 0 Å². The van der Waals surface area contributed by atoms with Crippen LogP contribution in [0.3, 0.4) is 0 Å². The lowest BCUT2D eigenvalue weighted by atomic mass is 9.90. The Morgan fingerprint density at radius 3 is 2.58 bits per heavy atom. The van der Waals surface area contributed by atoms with Crippen LogP contribution in [-0.2, 0) is 0 Å². The van der Waals surface area contributed by atoms with Gasteiger partial charge in [-0.1, -0.05) is 43.2 Å². The van der Waals surface area contributed by atoms with E-state index in [9.17, 15) is 5.11 Å². The second-order valence-corrected chi connectivity index (χ2v) is 5.39. The molecule has 2 aromatic rings. The fraction of sp³-hybridized carbons (Fsp3) is 0.412. The van der Waals surface area contributed by atoms with Crippen LogP contribution in [0.5, 0.6) is 5.75 Å². The zero-order chi connectivity index (χ0) is 13.2. The number of fused-ring (bicyclic) bond motifs is 1. The van der Waals surface area contributed by atoms with Crippen molar-refractivity contribution in [3.05, 3.63) is 42.0 Å². The van der Waals surface area contributed by atoms with E-state index in [0.29, 0.717) is 5.92 Å². The topological polar surface area (TPSA) is 29.5 Å². The predicted octanol–water partition coefficient (Wildman–Crippen LogP) is 4.07. The van der Waals surface area contributed by atoms with Crippen LogP contribution in [0.1, 0.15) is 37.4 Å². The summed E-state index contributed by atoms with van der Waals surface area (Å²) in [6, 6.07) is 12.2. The first-order chi connectivity index (χ1) is 9.31. The van der Waals surface area contributed by atoms with E-state index in [1.165, 1.54) is 12.8 Å². The van der Waals surface area contributed by atoms with E-state index in [2.05, 4.69) is 18.2 Å². The van der Waals surface area contributed by atoms with Crippen molar-refractivity contribution >= 4 is 10.8 Å². The molecular formula is C17H20O2. The molecule has 0 aromatic heterocycles. The summed E-state index contributed by atoms with van der Waals surface area (Å²) in [5, 5.41) is 13.0. The van der Waals surface area contributed by atoms with Crippen LogP contribution in [0.25, 0.3) is 10.8 Å². The number of hydrogen-bond acceptors (Lipinski definition) is 2. The minimum atomic E-state index is -0.413. The van der Waals surface area contributed by atoms with Gasteiger partial charge in [-0.2, -0.15) is 0 Å². The van der Waals surface area contributed by atoms with Crippen molar-refractivity contribution in [3.8, 4) is 5.75 Å². The Morgan fingerprint density at radius 1 is 1.11 bits per heavy atom. The molecule has 1 N–H and O–H groups in total. The Labute approximate surface area is 114 Å². The molecule has 0 heterocycles. The third-order valence-corrected chi connectivity index (χ3v) is 4.29. The first-order valence-electron chi connectivity index (χ1n) is 7.05. The molecule has 0 radical (unpaired) electrons. The van der Waals surface area contributed by atoms with Crippen molar-refractivity contribution in [2.24, 2.45) is 5.92 Å². The molecule has 1 aliphatic rings. The van der Waals surface area contributed by atoms with Crippen LogP contribution in [0.2, 0.25) is 0 Å². The molecule has 0 saturated heterocycles. The monoisotopic (exact) mass is 256 g/mol. The SMILES string of the molecule is COc1ccc2ccccc2c1C(O)C1CCCC1. The molecule has 0 bridgehead atoms. The zero-order valence-corrected chi connectivity index (χ0v) is 11.3. The number of benzene rings is 2. The van der Waals surface area contributed by atoms with Crippen LogP contribution in [0.15, 0.2) is 36.4 Å². The average molecular weight is 256 g/mol. The maximum Gasteiger partial charge on any atom is 0.125 e. The minimum absolute atomic E-state index is 0.375. The molecule has 1 aliphatic carbocycles. The molecule has 2 heteroatoms. The van der Waals surface area contributed by atoms with Gasteiger partial charge in [0, 0.05) is 5.56 Å². The summed E-state index contributed by atoms with van der Waals surface area (Å²) in [4.78, 5) is 0. The lowest BCUT2D eigenvalue weighted by Crippen LogP contribution is -2.10. The van der Waals surface area contributed by atoms with Gasteiger partial charge in [0.2, 0.25) is 0 Å². The zero-order valence-electron chi connectivity index (χ0n) is 11.3.